The lowest BCUT2D eigenvalue weighted by Crippen LogP contribution is -2.16. The average molecular weight is 306 g/mol. The Balaban J connectivity index is 2.27. The van der Waals surface area contributed by atoms with E-state index in [-0.39, 0.29) is 5.82 Å². The van der Waals surface area contributed by atoms with Crippen molar-refractivity contribution < 1.29 is 23.9 Å². The monoisotopic (exact) mass is 306 g/mol. The van der Waals surface area contributed by atoms with Gasteiger partial charge in [0.25, 0.3) is 0 Å². The van der Waals surface area contributed by atoms with E-state index in [0.29, 0.717) is 10.4 Å². The van der Waals surface area contributed by atoms with Crippen LogP contribution >= 0.6 is 11.3 Å². The topological polar surface area (TPSA) is 71.4 Å². The van der Waals surface area contributed by atoms with Crippen LogP contribution in [-0.4, -0.2) is 22.6 Å². The summed E-state index contributed by atoms with van der Waals surface area (Å²) in [6.07, 6.45) is -0.653. The minimum absolute atomic E-state index is 0.351. The first kappa shape index (κ1) is 15.1. The third kappa shape index (κ3) is 3.41. The van der Waals surface area contributed by atoms with Gasteiger partial charge in [-0.15, -0.1) is 11.3 Å². The molecule has 0 aliphatic rings. The fourth-order valence-electron chi connectivity index (χ4n) is 1.82. The summed E-state index contributed by atoms with van der Waals surface area (Å²) in [5.41, 5.74) is 1.43. The number of Topliss-reactive ketones (excluding diaryl/α,β-unsaturated/α-hetero) is 2. The van der Waals surface area contributed by atoms with Crippen LogP contribution in [0.15, 0.2) is 30.3 Å². The first-order valence-corrected chi connectivity index (χ1v) is 6.86. The largest absolute Gasteiger partial charge is 0.475 e. The summed E-state index contributed by atoms with van der Waals surface area (Å²) in [4.78, 5) is 34.6. The Morgan fingerprint density at radius 3 is 2.38 bits per heavy atom. The highest BCUT2D eigenvalue weighted by molar-refractivity contribution is 7.17. The van der Waals surface area contributed by atoms with Crippen LogP contribution in [0, 0.1) is 12.7 Å². The molecule has 0 atom stereocenters. The number of carbonyl (C=O) groups is 3. The number of aliphatic carboxylic acids is 1. The maximum absolute atomic E-state index is 12.9. The first-order chi connectivity index (χ1) is 9.88. The molecule has 2 aromatic rings. The van der Waals surface area contributed by atoms with Gasteiger partial charge in [0.05, 0.1) is 11.3 Å². The number of benzene rings is 1. The van der Waals surface area contributed by atoms with Gasteiger partial charge < -0.3 is 5.11 Å². The van der Waals surface area contributed by atoms with Gasteiger partial charge >= 0.3 is 5.97 Å². The Morgan fingerprint density at radius 2 is 1.81 bits per heavy atom. The second-order valence-electron chi connectivity index (χ2n) is 4.46. The van der Waals surface area contributed by atoms with Gasteiger partial charge in [0.2, 0.25) is 5.78 Å². The Hall–Kier alpha value is -2.34. The van der Waals surface area contributed by atoms with Gasteiger partial charge in [0.15, 0.2) is 5.78 Å². The van der Waals surface area contributed by atoms with E-state index in [1.165, 1.54) is 12.1 Å². The number of aryl methyl sites for hydroxylation is 1. The zero-order valence-electron chi connectivity index (χ0n) is 11.1. The molecule has 1 aromatic carbocycles. The highest BCUT2D eigenvalue weighted by atomic mass is 32.1. The fourth-order valence-corrected chi connectivity index (χ4v) is 2.93. The van der Waals surface area contributed by atoms with Crippen LogP contribution in [0.2, 0.25) is 0 Å². The Bertz CT molecular complexity index is 716. The average Bonchev–Trinajstić information content (AvgIpc) is 2.81. The molecule has 108 valence electrons. The summed E-state index contributed by atoms with van der Waals surface area (Å²) < 4.78 is 12.9. The molecule has 0 amide bonds. The van der Waals surface area contributed by atoms with Crippen molar-refractivity contribution in [3.8, 4) is 10.4 Å². The molecule has 4 nitrogen and oxygen atoms in total. The van der Waals surface area contributed by atoms with E-state index in [9.17, 15) is 18.8 Å². The second kappa shape index (κ2) is 5.97. The maximum atomic E-state index is 12.9. The molecule has 1 heterocycles. The summed E-state index contributed by atoms with van der Waals surface area (Å²) in [5.74, 6) is -3.61. The Morgan fingerprint density at radius 1 is 1.19 bits per heavy atom. The van der Waals surface area contributed by atoms with E-state index in [1.807, 2.05) is 0 Å². The molecule has 0 saturated carbocycles. The van der Waals surface area contributed by atoms with Crippen molar-refractivity contribution >= 4 is 28.9 Å². The quantitative estimate of drug-likeness (QED) is 0.523. The first-order valence-electron chi connectivity index (χ1n) is 6.04. The number of hydrogen-bond acceptors (Lipinski definition) is 4. The summed E-state index contributed by atoms with van der Waals surface area (Å²) in [6, 6.07) is 7.59. The normalized spacial score (nSPS) is 10.4. The molecular formula is C15H11FO4S. The predicted octanol–water partition coefficient (Wildman–Crippen LogP) is 3.09. The SMILES string of the molecule is Cc1cc(-c2ccc(F)cc2)sc1C(=O)CC(=O)C(=O)O. The van der Waals surface area contributed by atoms with Gasteiger partial charge in [-0.05, 0) is 36.2 Å². The smallest absolute Gasteiger partial charge is 0.372 e. The molecule has 0 aliphatic heterocycles. The zero-order valence-corrected chi connectivity index (χ0v) is 11.9. The number of hydrogen-bond donors (Lipinski definition) is 1. The van der Waals surface area contributed by atoms with Crippen LogP contribution in [-0.2, 0) is 9.59 Å². The minimum Gasteiger partial charge on any atom is -0.475 e. The number of carboxylic acids is 1. The summed E-state index contributed by atoms with van der Waals surface area (Å²) in [6.45, 7) is 1.71. The van der Waals surface area contributed by atoms with Gasteiger partial charge in [0, 0.05) is 4.88 Å². The van der Waals surface area contributed by atoms with Gasteiger partial charge in [0.1, 0.15) is 5.82 Å². The lowest BCUT2D eigenvalue weighted by Gasteiger charge is -1.97. The summed E-state index contributed by atoms with van der Waals surface area (Å²) in [7, 11) is 0. The third-order valence-electron chi connectivity index (χ3n) is 2.86. The zero-order chi connectivity index (χ0) is 15.6. The number of thiophene rings is 1. The molecular weight excluding hydrogens is 295 g/mol. The number of ketones is 2. The molecule has 2 rings (SSSR count). The lowest BCUT2D eigenvalue weighted by atomic mass is 10.1. The maximum Gasteiger partial charge on any atom is 0.372 e. The van der Waals surface area contributed by atoms with E-state index in [0.717, 1.165) is 21.8 Å². The van der Waals surface area contributed by atoms with Gasteiger partial charge in [-0.3, -0.25) is 9.59 Å². The molecule has 1 aromatic heterocycles. The van der Waals surface area contributed by atoms with Crippen LogP contribution in [0.5, 0.6) is 0 Å². The van der Waals surface area contributed by atoms with Gasteiger partial charge in [-0.25, -0.2) is 9.18 Å². The molecule has 0 fully saturated rings. The van der Waals surface area contributed by atoms with Crippen molar-refractivity contribution in [3.63, 3.8) is 0 Å². The standard InChI is InChI=1S/C15H11FO4S/c1-8-6-13(9-2-4-10(16)5-3-9)21-14(8)11(17)7-12(18)15(19)20/h2-6H,7H2,1H3,(H,19,20). The molecule has 0 spiro atoms. The number of carboxylic acid groups (broad SMARTS) is 1. The minimum atomic E-state index is -1.61. The molecule has 0 saturated heterocycles. The highest BCUT2D eigenvalue weighted by Crippen LogP contribution is 2.32. The van der Waals surface area contributed by atoms with Crippen molar-refractivity contribution in [2.75, 3.05) is 0 Å². The van der Waals surface area contributed by atoms with Crippen LogP contribution in [0.3, 0.4) is 0 Å². The van der Waals surface area contributed by atoms with E-state index >= 15 is 0 Å². The fraction of sp³-hybridized carbons (Fsp3) is 0.133. The van der Waals surface area contributed by atoms with Crippen molar-refractivity contribution in [2.24, 2.45) is 0 Å². The summed E-state index contributed by atoms with van der Waals surface area (Å²) in [5, 5.41) is 8.52. The molecule has 0 aliphatic carbocycles. The van der Waals surface area contributed by atoms with Crippen LogP contribution in [0.1, 0.15) is 21.7 Å². The number of halogens is 1. The third-order valence-corrected chi connectivity index (χ3v) is 4.19. The Labute approximate surface area is 123 Å². The van der Waals surface area contributed by atoms with E-state index in [1.54, 1.807) is 25.1 Å². The van der Waals surface area contributed by atoms with Crippen LogP contribution in [0.25, 0.3) is 10.4 Å². The highest BCUT2D eigenvalue weighted by Gasteiger charge is 2.21. The molecule has 0 unspecified atom stereocenters. The van der Waals surface area contributed by atoms with Gasteiger partial charge in [-0.2, -0.15) is 0 Å². The molecule has 1 N–H and O–H groups in total. The van der Waals surface area contributed by atoms with Crippen LogP contribution in [0.4, 0.5) is 4.39 Å². The second-order valence-corrected chi connectivity index (χ2v) is 5.51. The van der Waals surface area contributed by atoms with Crippen molar-refractivity contribution in [3.05, 3.63) is 46.6 Å². The van der Waals surface area contributed by atoms with E-state index < -0.39 is 24.0 Å². The molecule has 21 heavy (non-hydrogen) atoms. The van der Waals surface area contributed by atoms with Gasteiger partial charge in [-0.1, -0.05) is 12.1 Å². The number of rotatable bonds is 5. The number of carbonyl (C=O) groups excluding carboxylic acids is 2. The van der Waals surface area contributed by atoms with Crippen molar-refractivity contribution in [1.82, 2.24) is 0 Å². The summed E-state index contributed by atoms with van der Waals surface area (Å²) >= 11 is 1.16. The van der Waals surface area contributed by atoms with E-state index in [2.05, 4.69) is 0 Å². The molecule has 0 radical (unpaired) electrons. The predicted molar refractivity (Wildman–Crippen MR) is 76.0 cm³/mol. The van der Waals surface area contributed by atoms with Crippen molar-refractivity contribution in [1.29, 1.82) is 0 Å². The van der Waals surface area contributed by atoms with E-state index in [4.69, 9.17) is 5.11 Å². The molecule has 0 bridgehead atoms. The van der Waals surface area contributed by atoms with Crippen LogP contribution < -0.4 is 0 Å². The lowest BCUT2D eigenvalue weighted by molar-refractivity contribution is -0.148. The Kier molecular flexibility index (Phi) is 4.28. The molecule has 6 heteroatoms. The van der Waals surface area contributed by atoms with Crippen molar-refractivity contribution in [2.45, 2.75) is 13.3 Å².